The Balaban J connectivity index is 1.96. The van der Waals surface area contributed by atoms with Crippen LogP contribution in [0.3, 0.4) is 0 Å². The molecular formula is C21H30N2O5. The molecule has 1 aromatic carbocycles. The smallest absolute Gasteiger partial charge is 0.410 e. The molecule has 1 heterocycles. The van der Waals surface area contributed by atoms with Crippen LogP contribution in [0.4, 0.5) is 4.79 Å². The van der Waals surface area contributed by atoms with E-state index in [0.717, 1.165) is 5.56 Å². The Kier molecular flexibility index (Phi) is 6.69. The first-order chi connectivity index (χ1) is 13.0. The van der Waals surface area contributed by atoms with Crippen molar-refractivity contribution in [3.05, 3.63) is 35.9 Å². The van der Waals surface area contributed by atoms with Gasteiger partial charge in [0.1, 0.15) is 23.8 Å². The first kappa shape index (κ1) is 21.7. The number of benzene rings is 1. The highest BCUT2D eigenvalue weighted by molar-refractivity contribution is 5.91. The van der Waals surface area contributed by atoms with Crippen LogP contribution in [0.25, 0.3) is 0 Å². The first-order valence-corrected chi connectivity index (χ1v) is 9.52. The molecule has 0 unspecified atom stereocenters. The summed E-state index contributed by atoms with van der Waals surface area (Å²) in [6, 6.07) is 8.70. The number of nitrogens with zero attached hydrogens (tertiary/aromatic N) is 1. The molecule has 2 amide bonds. The quantitative estimate of drug-likeness (QED) is 0.781. The van der Waals surface area contributed by atoms with E-state index in [9.17, 15) is 14.4 Å². The van der Waals surface area contributed by atoms with E-state index in [2.05, 4.69) is 5.32 Å². The van der Waals surface area contributed by atoms with E-state index in [1.165, 1.54) is 4.90 Å². The fourth-order valence-corrected chi connectivity index (χ4v) is 2.91. The number of esters is 1. The fourth-order valence-electron chi connectivity index (χ4n) is 2.91. The Labute approximate surface area is 166 Å². The van der Waals surface area contributed by atoms with Crippen LogP contribution in [-0.4, -0.2) is 46.6 Å². The van der Waals surface area contributed by atoms with Gasteiger partial charge in [0, 0.05) is 6.54 Å². The zero-order valence-electron chi connectivity index (χ0n) is 17.3. The molecule has 154 valence electrons. The molecule has 28 heavy (non-hydrogen) atoms. The van der Waals surface area contributed by atoms with Crippen molar-refractivity contribution in [2.24, 2.45) is 0 Å². The molecule has 0 radical (unpaired) electrons. The van der Waals surface area contributed by atoms with Crippen LogP contribution >= 0.6 is 0 Å². The fraction of sp³-hybridized carbons (Fsp3) is 0.571. The molecule has 7 nitrogen and oxygen atoms in total. The predicted molar refractivity (Wildman–Crippen MR) is 104 cm³/mol. The van der Waals surface area contributed by atoms with Gasteiger partial charge in [-0.05, 0) is 53.0 Å². The maximum Gasteiger partial charge on any atom is 0.410 e. The predicted octanol–water partition coefficient (Wildman–Crippen LogP) is 3.02. The Bertz CT molecular complexity index is 709. The third-order valence-corrected chi connectivity index (χ3v) is 4.34. The largest absolute Gasteiger partial charge is 0.458 e. The molecule has 0 spiro atoms. The molecular weight excluding hydrogens is 360 g/mol. The Morgan fingerprint density at radius 2 is 1.75 bits per heavy atom. The van der Waals surface area contributed by atoms with Gasteiger partial charge in [0.25, 0.3) is 0 Å². The lowest BCUT2D eigenvalue weighted by atomic mass is 10.0. The lowest BCUT2D eigenvalue weighted by Crippen LogP contribution is -2.57. The maximum atomic E-state index is 12.8. The van der Waals surface area contributed by atoms with Crippen molar-refractivity contribution < 1.29 is 23.9 Å². The second kappa shape index (κ2) is 8.63. The summed E-state index contributed by atoms with van der Waals surface area (Å²) < 4.78 is 10.7. The van der Waals surface area contributed by atoms with Crippen molar-refractivity contribution in [2.75, 3.05) is 6.54 Å². The average molecular weight is 390 g/mol. The molecule has 1 atom stereocenters. The van der Waals surface area contributed by atoms with Crippen LogP contribution in [-0.2, 0) is 25.7 Å². The summed E-state index contributed by atoms with van der Waals surface area (Å²) >= 11 is 0. The third kappa shape index (κ3) is 5.97. The zero-order valence-corrected chi connectivity index (χ0v) is 17.3. The number of ether oxygens (including phenoxy) is 2. The van der Waals surface area contributed by atoms with Crippen molar-refractivity contribution in [1.82, 2.24) is 10.2 Å². The van der Waals surface area contributed by atoms with Gasteiger partial charge in [-0.2, -0.15) is 0 Å². The van der Waals surface area contributed by atoms with Crippen molar-refractivity contribution in [2.45, 2.75) is 71.2 Å². The molecule has 0 bridgehead atoms. The van der Waals surface area contributed by atoms with Crippen molar-refractivity contribution in [1.29, 1.82) is 0 Å². The van der Waals surface area contributed by atoms with Crippen LogP contribution in [0.1, 0.15) is 53.0 Å². The second-order valence-electron chi connectivity index (χ2n) is 8.51. The molecule has 2 rings (SSSR count). The molecule has 1 aromatic rings. The van der Waals surface area contributed by atoms with E-state index in [1.807, 2.05) is 30.3 Å². The summed E-state index contributed by atoms with van der Waals surface area (Å²) in [5.74, 6) is -0.908. The Morgan fingerprint density at radius 3 is 2.36 bits per heavy atom. The number of hydrogen-bond donors (Lipinski definition) is 1. The van der Waals surface area contributed by atoms with Crippen LogP contribution in [0.15, 0.2) is 30.3 Å². The molecule has 1 aliphatic heterocycles. The zero-order chi connectivity index (χ0) is 20.9. The molecule has 0 saturated carbocycles. The van der Waals surface area contributed by atoms with Gasteiger partial charge in [-0.15, -0.1) is 0 Å². The van der Waals surface area contributed by atoms with Gasteiger partial charge in [0.05, 0.1) is 0 Å². The molecule has 1 N–H and O–H groups in total. The first-order valence-electron chi connectivity index (χ1n) is 9.52. The minimum atomic E-state index is -1.20. The van der Waals surface area contributed by atoms with Gasteiger partial charge >= 0.3 is 12.1 Å². The second-order valence-corrected chi connectivity index (χ2v) is 8.51. The summed E-state index contributed by atoms with van der Waals surface area (Å²) in [5, 5.41) is 2.72. The van der Waals surface area contributed by atoms with E-state index in [0.29, 0.717) is 19.4 Å². The summed E-state index contributed by atoms with van der Waals surface area (Å²) in [4.78, 5) is 39.0. The number of amides is 2. The van der Waals surface area contributed by atoms with E-state index < -0.39 is 29.2 Å². The molecule has 0 aromatic heterocycles. The number of nitrogens with one attached hydrogen (secondary N) is 1. The normalized spacial score (nSPS) is 17.2. The number of carbonyl (C=O) groups excluding carboxylic acids is 3. The molecule has 7 heteroatoms. The SMILES string of the molecule is CC(C)(C)OC(=O)C(C)(C)NC(=O)[C@@H]1CCCN1C(=O)OCc1ccccc1. The van der Waals surface area contributed by atoms with Gasteiger partial charge in [-0.3, -0.25) is 9.69 Å². The molecule has 0 aliphatic carbocycles. The maximum absolute atomic E-state index is 12.8. The molecule has 1 aliphatic rings. The highest BCUT2D eigenvalue weighted by Gasteiger charge is 2.40. The average Bonchev–Trinajstić information content (AvgIpc) is 3.08. The molecule has 1 saturated heterocycles. The van der Waals surface area contributed by atoms with Gasteiger partial charge < -0.3 is 14.8 Å². The number of likely N-dealkylation sites (tertiary alicyclic amines) is 1. The van der Waals surface area contributed by atoms with Crippen LogP contribution in [0, 0.1) is 0 Å². The standard InChI is InChI=1S/C21H30N2O5/c1-20(2,3)28-18(25)21(4,5)22-17(24)16-12-9-13-23(16)19(26)27-14-15-10-7-6-8-11-15/h6-8,10-11,16H,9,12-14H2,1-5H3,(H,22,24)/t16-/m0/s1. The van der Waals surface area contributed by atoms with E-state index in [4.69, 9.17) is 9.47 Å². The summed E-state index contributed by atoms with van der Waals surface area (Å²) in [5.41, 5.74) is -0.978. The van der Waals surface area contributed by atoms with E-state index in [1.54, 1.807) is 34.6 Å². The highest BCUT2D eigenvalue weighted by Crippen LogP contribution is 2.21. The third-order valence-electron chi connectivity index (χ3n) is 4.34. The topological polar surface area (TPSA) is 84.9 Å². The number of hydrogen-bond acceptors (Lipinski definition) is 5. The lowest BCUT2D eigenvalue weighted by molar-refractivity contribution is -0.163. The van der Waals surface area contributed by atoms with Crippen LogP contribution in [0.2, 0.25) is 0 Å². The summed E-state index contributed by atoms with van der Waals surface area (Å²) in [6.45, 7) is 9.07. The van der Waals surface area contributed by atoms with Gasteiger partial charge in [0.2, 0.25) is 5.91 Å². The summed E-state index contributed by atoms with van der Waals surface area (Å²) in [6.07, 6.45) is 0.693. The Morgan fingerprint density at radius 1 is 1.11 bits per heavy atom. The summed E-state index contributed by atoms with van der Waals surface area (Å²) in [7, 11) is 0. The van der Waals surface area contributed by atoms with Crippen LogP contribution < -0.4 is 5.32 Å². The van der Waals surface area contributed by atoms with Crippen molar-refractivity contribution in [3.8, 4) is 0 Å². The van der Waals surface area contributed by atoms with Crippen molar-refractivity contribution in [3.63, 3.8) is 0 Å². The van der Waals surface area contributed by atoms with E-state index in [-0.39, 0.29) is 12.5 Å². The van der Waals surface area contributed by atoms with Crippen LogP contribution in [0.5, 0.6) is 0 Å². The number of rotatable bonds is 5. The van der Waals surface area contributed by atoms with Gasteiger partial charge in [-0.1, -0.05) is 30.3 Å². The minimum Gasteiger partial charge on any atom is -0.458 e. The number of carbonyl (C=O) groups is 3. The molecule has 1 fully saturated rings. The van der Waals surface area contributed by atoms with Gasteiger partial charge in [-0.25, -0.2) is 9.59 Å². The lowest BCUT2D eigenvalue weighted by Gasteiger charge is -2.31. The minimum absolute atomic E-state index is 0.147. The van der Waals surface area contributed by atoms with E-state index >= 15 is 0 Å². The highest BCUT2D eigenvalue weighted by atomic mass is 16.6. The van der Waals surface area contributed by atoms with Gasteiger partial charge in [0.15, 0.2) is 0 Å². The Hall–Kier alpha value is -2.57. The van der Waals surface area contributed by atoms with Crippen molar-refractivity contribution >= 4 is 18.0 Å². The monoisotopic (exact) mass is 390 g/mol.